The van der Waals surface area contributed by atoms with E-state index in [4.69, 9.17) is 0 Å². The zero-order chi connectivity index (χ0) is 18.4. The smallest absolute Gasteiger partial charge is 0.117 e. The normalized spacial score (nSPS) is 14.0. The van der Waals surface area contributed by atoms with E-state index < -0.39 is 7.26 Å². The van der Waals surface area contributed by atoms with Gasteiger partial charge in [-0.25, -0.2) is 0 Å². The van der Waals surface area contributed by atoms with Crippen LogP contribution in [0, 0.1) is 0 Å². The molecule has 0 saturated heterocycles. The molecule has 0 aromatic heterocycles. The summed E-state index contributed by atoms with van der Waals surface area (Å²) in [6.45, 7) is 4.18. The van der Waals surface area contributed by atoms with Crippen LogP contribution < -0.4 is 15.9 Å². The lowest BCUT2D eigenvalue weighted by Crippen LogP contribution is -2.43. The zero-order valence-corrected chi connectivity index (χ0v) is 16.5. The van der Waals surface area contributed by atoms with Gasteiger partial charge in [0.15, 0.2) is 0 Å². The molecule has 3 aromatic carbocycles. The Labute approximate surface area is 158 Å². The molecule has 1 N–H and O–H groups in total. The van der Waals surface area contributed by atoms with Crippen LogP contribution in [-0.2, 0) is 0 Å². The Bertz CT molecular complexity index is 688. The predicted molar refractivity (Wildman–Crippen MR) is 116 cm³/mol. The summed E-state index contributed by atoms with van der Waals surface area (Å²) < 4.78 is 0. The second-order valence-corrected chi connectivity index (χ2v) is 10.5. The summed E-state index contributed by atoms with van der Waals surface area (Å²) in [6.07, 6.45) is 1.69. The van der Waals surface area contributed by atoms with E-state index in [-0.39, 0.29) is 11.8 Å². The van der Waals surface area contributed by atoms with Crippen LogP contribution in [0.1, 0.15) is 26.7 Å². The summed E-state index contributed by atoms with van der Waals surface area (Å²) >= 11 is 0. The van der Waals surface area contributed by atoms with Gasteiger partial charge in [0.2, 0.25) is 0 Å². The number of aliphatic hydroxyl groups excluding tert-OH is 1. The van der Waals surface area contributed by atoms with Gasteiger partial charge in [0, 0.05) is 0 Å². The maximum Gasteiger partial charge on any atom is 0.117 e. The van der Waals surface area contributed by atoms with E-state index in [0.29, 0.717) is 0 Å². The minimum atomic E-state index is -1.99. The van der Waals surface area contributed by atoms with Crippen molar-refractivity contribution < 1.29 is 5.11 Å². The van der Waals surface area contributed by atoms with Crippen LogP contribution in [0.4, 0.5) is 0 Å². The van der Waals surface area contributed by atoms with Crippen molar-refractivity contribution in [3.63, 3.8) is 0 Å². The highest BCUT2D eigenvalue weighted by atomic mass is 31.2. The van der Waals surface area contributed by atoms with Crippen LogP contribution in [0.5, 0.6) is 0 Å². The molecule has 0 aliphatic heterocycles. The molecule has 0 aliphatic rings. The standard InChI is InChI=1S/C24H28OP/c1-3-13-24(20(2)25)26(21-14-7-4-8-15-21,22-16-9-5-10-17-22)23-18-11-6-12-19-23/h4-12,14-20,24-25H,3,13H2,1-2H3/q+1. The Morgan fingerprint density at radius 1 is 0.692 bits per heavy atom. The molecular formula is C24H28OP+. The number of hydrogen-bond donors (Lipinski definition) is 1. The molecular weight excluding hydrogens is 335 g/mol. The van der Waals surface area contributed by atoms with Crippen molar-refractivity contribution in [3.05, 3.63) is 91.0 Å². The SMILES string of the molecule is CCCC(C(C)O)[P+](c1ccccc1)(c1ccccc1)c1ccccc1. The maximum absolute atomic E-state index is 10.9. The van der Waals surface area contributed by atoms with Crippen molar-refractivity contribution in [1.82, 2.24) is 0 Å². The molecule has 0 radical (unpaired) electrons. The summed E-state index contributed by atoms with van der Waals surface area (Å²) in [5, 5.41) is 14.9. The van der Waals surface area contributed by atoms with E-state index in [1.165, 1.54) is 15.9 Å². The third-order valence-corrected chi connectivity index (χ3v) is 10.2. The van der Waals surface area contributed by atoms with Crippen LogP contribution in [0.3, 0.4) is 0 Å². The lowest BCUT2D eigenvalue weighted by atomic mass is 10.2. The Balaban J connectivity index is 2.38. The summed E-state index contributed by atoms with van der Waals surface area (Å²) in [6, 6.07) is 32.5. The van der Waals surface area contributed by atoms with E-state index in [2.05, 4.69) is 97.9 Å². The Kier molecular flexibility index (Phi) is 6.25. The van der Waals surface area contributed by atoms with Crippen LogP contribution >= 0.6 is 7.26 Å². The van der Waals surface area contributed by atoms with Crippen LogP contribution in [0.2, 0.25) is 0 Å². The van der Waals surface area contributed by atoms with E-state index >= 15 is 0 Å². The highest BCUT2D eigenvalue weighted by molar-refractivity contribution is 7.96. The van der Waals surface area contributed by atoms with Gasteiger partial charge in [-0.2, -0.15) is 0 Å². The summed E-state index contributed by atoms with van der Waals surface area (Å²) in [5.74, 6) is 0. The van der Waals surface area contributed by atoms with E-state index in [1.54, 1.807) is 0 Å². The van der Waals surface area contributed by atoms with Gasteiger partial charge in [-0.3, -0.25) is 0 Å². The molecule has 0 fully saturated rings. The van der Waals surface area contributed by atoms with Gasteiger partial charge in [-0.1, -0.05) is 67.9 Å². The predicted octanol–water partition coefficient (Wildman–Crippen LogP) is 4.53. The topological polar surface area (TPSA) is 20.2 Å². The average Bonchev–Trinajstić information content (AvgIpc) is 2.70. The molecule has 0 saturated carbocycles. The minimum absolute atomic E-state index is 0.194. The summed E-state index contributed by atoms with van der Waals surface area (Å²) in [7, 11) is -1.99. The first-order chi connectivity index (χ1) is 12.7. The lowest BCUT2D eigenvalue weighted by molar-refractivity contribution is 0.185. The molecule has 0 spiro atoms. The Morgan fingerprint density at radius 2 is 1.04 bits per heavy atom. The van der Waals surface area contributed by atoms with Gasteiger partial charge in [0.25, 0.3) is 0 Å². The first kappa shape index (κ1) is 18.8. The summed E-state index contributed by atoms with van der Waals surface area (Å²) in [5.41, 5.74) is 0.194. The molecule has 3 aromatic rings. The highest BCUT2D eigenvalue weighted by Crippen LogP contribution is 2.61. The van der Waals surface area contributed by atoms with Gasteiger partial charge in [-0.15, -0.1) is 0 Å². The third kappa shape index (κ3) is 3.47. The van der Waals surface area contributed by atoms with Crippen molar-refractivity contribution in [2.24, 2.45) is 0 Å². The molecule has 0 bridgehead atoms. The molecule has 2 unspecified atom stereocenters. The minimum Gasteiger partial charge on any atom is -0.389 e. The first-order valence-corrected chi connectivity index (χ1v) is 11.3. The molecule has 26 heavy (non-hydrogen) atoms. The van der Waals surface area contributed by atoms with Gasteiger partial charge >= 0.3 is 0 Å². The highest BCUT2D eigenvalue weighted by Gasteiger charge is 2.53. The molecule has 2 heteroatoms. The van der Waals surface area contributed by atoms with Crippen molar-refractivity contribution in [1.29, 1.82) is 0 Å². The fourth-order valence-electron chi connectivity index (χ4n) is 4.07. The molecule has 2 atom stereocenters. The second kappa shape index (κ2) is 8.62. The fourth-order valence-corrected chi connectivity index (χ4v) is 9.33. The Hall–Kier alpha value is -1.95. The number of hydrogen-bond acceptors (Lipinski definition) is 1. The fraction of sp³-hybridized carbons (Fsp3) is 0.250. The average molecular weight is 363 g/mol. The molecule has 134 valence electrons. The van der Waals surface area contributed by atoms with Gasteiger partial charge in [0.05, 0.1) is 6.10 Å². The quantitative estimate of drug-likeness (QED) is 0.612. The molecule has 1 nitrogen and oxygen atoms in total. The second-order valence-electron chi connectivity index (χ2n) is 6.83. The molecule has 0 aliphatic carbocycles. The van der Waals surface area contributed by atoms with E-state index in [1.807, 2.05) is 6.92 Å². The number of benzene rings is 3. The van der Waals surface area contributed by atoms with Crippen molar-refractivity contribution >= 4 is 23.2 Å². The Morgan fingerprint density at radius 3 is 1.31 bits per heavy atom. The largest absolute Gasteiger partial charge is 0.389 e. The van der Waals surface area contributed by atoms with Crippen molar-refractivity contribution in [2.45, 2.75) is 38.5 Å². The number of aliphatic hydroxyl groups is 1. The maximum atomic E-state index is 10.9. The lowest BCUT2D eigenvalue weighted by Gasteiger charge is -2.36. The molecule has 0 heterocycles. The number of rotatable bonds is 7. The van der Waals surface area contributed by atoms with E-state index in [0.717, 1.165) is 12.8 Å². The third-order valence-electron chi connectivity index (χ3n) is 5.13. The monoisotopic (exact) mass is 363 g/mol. The van der Waals surface area contributed by atoms with Gasteiger partial charge in [0.1, 0.15) is 28.8 Å². The van der Waals surface area contributed by atoms with Crippen molar-refractivity contribution in [2.75, 3.05) is 0 Å². The van der Waals surface area contributed by atoms with Crippen LogP contribution in [-0.4, -0.2) is 16.9 Å². The van der Waals surface area contributed by atoms with Crippen LogP contribution in [0.25, 0.3) is 0 Å². The zero-order valence-electron chi connectivity index (χ0n) is 15.6. The molecule has 3 rings (SSSR count). The molecule has 0 amide bonds. The van der Waals surface area contributed by atoms with Gasteiger partial charge in [-0.05, 0) is 49.7 Å². The van der Waals surface area contributed by atoms with E-state index in [9.17, 15) is 5.11 Å². The van der Waals surface area contributed by atoms with Crippen molar-refractivity contribution in [3.8, 4) is 0 Å². The van der Waals surface area contributed by atoms with Gasteiger partial charge < -0.3 is 5.11 Å². The van der Waals surface area contributed by atoms with Crippen LogP contribution in [0.15, 0.2) is 91.0 Å². The summed E-state index contributed by atoms with van der Waals surface area (Å²) in [4.78, 5) is 0. The first-order valence-electron chi connectivity index (χ1n) is 9.45.